The Morgan fingerprint density at radius 3 is 2.14 bits per heavy atom. The maximum atomic E-state index is 9.83. The van der Waals surface area contributed by atoms with E-state index in [2.05, 4.69) is 12.6 Å². The first kappa shape index (κ1) is 14.4. The molecule has 3 aromatic rings. The summed E-state index contributed by atoms with van der Waals surface area (Å²) >= 11 is 4.08. The van der Waals surface area contributed by atoms with Gasteiger partial charge in [0.25, 0.3) is 0 Å². The molecule has 22 heavy (non-hydrogen) atoms. The zero-order chi connectivity index (χ0) is 15.5. The Morgan fingerprint density at radius 1 is 0.909 bits per heavy atom. The molecule has 0 atom stereocenters. The standard InChI is InChI=1S/C17H15NO3S/c19-16-10-15(22)17(20)18(16)11-12-6-8-14(9-7-12)21-13-4-2-1-3-5-13/h1-10,19-20,22H,11H2. The second-order valence-corrected chi connectivity index (χ2v) is 5.34. The lowest BCUT2D eigenvalue weighted by atomic mass is 10.2. The molecule has 0 aliphatic rings. The van der Waals surface area contributed by atoms with E-state index in [9.17, 15) is 10.2 Å². The molecule has 0 aliphatic heterocycles. The van der Waals surface area contributed by atoms with Crippen molar-refractivity contribution in [2.24, 2.45) is 0 Å². The van der Waals surface area contributed by atoms with Crippen molar-refractivity contribution >= 4 is 12.6 Å². The zero-order valence-electron chi connectivity index (χ0n) is 11.7. The predicted molar refractivity (Wildman–Crippen MR) is 87.1 cm³/mol. The summed E-state index contributed by atoms with van der Waals surface area (Å²) in [5.74, 6) is 1.43. The van der Waals surface area contributed by atoms with E-state index in [4.69, 9.17) is 4.74 Å². The van der Waals surface area contributed by atoms with Gasteiger partial charge in [0.15, 0.2) is 5.88 Å². The third-order valence-corrected chi connectivity index (χ3v) is 3.60. The van der Waals surface area contributed by atoms with Crippen molar-refractivity contribution in [2.45, 2.75) is 11.4 Å². The highest BCUT2D eigenvalue weighted by Crippen LogP contribution is 2.31. The van der Waals surface area contributed by atoms with Crippen LogP contribution in [0.5, 0.6) is 23.3 Å². The molecular weight excluding hydrogens is 298 g/mol. The van der Waals surface area contributed by atoms with E-state index in [1.165, 1.54) is 10.6 Å². The highest BCUT2D eigenvalue weighted by Gasteiger charge is 2.11. The first-order valence-corrected chi connectivity index (χ1v) is 7.20. The van der Waals surface area contributed by atoms with Crippen LogP contribution >= 0.6 is 12.6 Å². The molecule has 0 bridgehead atoms. The van der Waals surface area contributed by atoms with E-state index >= 15 is 0 Å². The second-order valence-electron chi connectivity index (χ2n) is 4.86. The molecule has 0 fully saturated rings. The minimum atomic E-state index is -0.0505. The minimum absolute atomic E-state index is 0.0212. The molecule has 2 aromatic carbocycles. The van der Waals surface area contributed by atoms with E-state index in [0.717, 1.165) is 17.1 Å². The number of hydrogen-bond donors (Lipinski definition) is 3. The number of benzene rings is 2. The smallest absolute Gasteiger partial charge is 0.208 e. The normalized spacial score (nSPS) is 10.6. The van der Waals surface area contributed by atoms with Gasteiger partial charge in [-0.25, -0.2) is 0 Å². The molecule has 0 radical (unpaired) electrons. The van der Waals surface area contributed by atoms with Crippen molar-refractivity contribution in [3.8, 4) is 23.3 Å². The third-order valence-electron chi connectivity index (χ3n) is 3.27. The first-order valence-electron chi connectivity index (χ1n) is 6.76. The van der Waals surface area contributed by atoms with Gasteiger partial charge >= 0.3 is 0 Å². The number of para-hydroxylation sites is 1. The van der Waals surface area contributed by atoms with Gasteiger partial charge in [0, 0.05) is 6.07 Å². The number of rotatable bonds is 4. The van der Waals surface area contributed by atoms with Crippen molar-refractivity contribution < 1.29 is 14.9 Å². The number of aromatic hydroxyl groups is 2. The Morgan fingerprint density at radius 2 is 1.55 bits per heavy atom. The van der Waals surface area contributed by atoms with Crippen LogP contribution < -0.4 is 4.74 Å². The summed E-state index contributed by atoms with van der Waals surface area (Å²) in [6.45, 7) is 0.351. The van der Waals surface area contributed by atoms with Crippen LogP contribution in [0.2, 0.25) is 0 Å². The number of nitrogens with zero attached hydrogens (tertiary/aromatic N) is 1. The van der Waals surface area contributed by atoms with Gasteiger partial charge in [-0.1, -0.05) is 30.3 Å². The average molecular weight is 313 g/mol. The Labute approximate surface area is 133 Å². The van der Waals surface area contributed by atoms with E-state index < -0.39 is 0 Å². The maximum Gasteiger partial charge on any atom is 0.208 e. The Hall–Kier alpha value is -2.53. The van der Waals surface area contributed by atoms with E-state index in [1.54, 1.807) is 0 Å². The van der Waals surface area contributed by atoms with Crippen LogP contribution in [0.1, 0.15) is 5.56 Å². The molecule has 0 saturated carbocycles. The van der Waals surface area contributed by atoms with Crippen molar-refractivity contribution in [2.75, 3.05) is 0 Å². The summed E-state index contributed by atoms with van der Waals surface area (Å²) in [7, 11) is 0. The molecule has 4 nitrogen and oxygen atoms in total. The molecule has 0 spiro atoms. The molecule has 2 N–H and O–H groups in total. The summed E-state index contributed by atoms with van der Waals surface area (Å²) in [5, 5.41) is 19.6. The van der Waals surface area contributed by atoms with Gasteiger partial charge in [-0.3, -0.25) is 4.57 Å². The van der Waals surface area contributed by atoms with Crippen LogP contribution in [-0.2, 0) is 6.54 Å². The van der Waals surface area contributed by atoms with Crippen LogP contribution in [0.25, 0.3) is 0 Å². The monoisotopic (exact) mass is 313 g/mol. The van der Waals surface area contributed by atoms with Gasteiger partial charge in [0.05, 0.1) is 11.4 Å². The second kappa shape index (κ2) is 6.07. The molecule has 0 saturated heterocycles. The fraction of sp³-hybridized carbons (Fsp3) is 0.0588. The molecule has 0 unspecified atom stereocenters. The predicted octanol–water partition coefficient (Wildman–Crippen LogP) is 4.03. The van der Waals surface area contributed by atoms with Crippen LogP contribution in [0, 0.1) is 0 Å². The van der Waals surface area contributed by atoms with Crippen molar-refractivity contribution in [1.29, 1.82) is 0 Å². The summed E-state index contributed by atoms with van der Waals surface area (Å²) in [4.78, 5) is 0.349. The number of aromatic nitrogens is 1. The summed E-state index contributed by atoms with van der Waals surface area (Å²) in [5.41, 5.74) is 0.926. The average Bonchev–Trinajstić information content (AvgIpc) is 2.77. The highest BCUT2D eigenvalue weighted by atomic mass is 32.1. The Balaban J connectivity index is 1.74. The lowest BCUT2D eigenvalue weighted by molar-refractivity contribution is 0.373. The van der Waals surface area contributed by atoms with E-state index in [-0.39, 0.29) is 11.8 Å². The molecule has 0 amide bonds. The Kier molecular flexibility index (Phi) is 3.98. The lowest BCUT2D eigenvalue weighted by Gasteiger charge is -2.09. The van der Waals surface area contributed by atoms with Crippen LogP contribution in [0.3, 0.4) is 0 Å². The van der Waals surface area contributed by atoms with Crippen LogP contribution in [0.4, 0.5) is 0 Å². The fourth-order valence-corrected chi connectivity index (χ4v) is 2.37. The maximum absolute atomic E-state index is 9.83. The fourth-order valence-electron chi connectivity index (χ4n) is 2.14. The van der Waals surface area contributed by atoms with Gasteiger partial charge in [-0.2, -0.15) is 0 Å². The molecule has 1 heterocycles. The van der Waals surface area contributed by atoms with Gasteiger partial charge < -0.3 is 14.9 Å². The van der Waals surface area contributed by atoms with Crippen molar-refractivity contribution in [3.63, 3.8) is 0 Å². The van der Waals surface area contributed by atoms with Gasteiger partial charge in [-0.15, -0.1) is 12.6 Å². The van der Waals surface area contributed by atoms with Gasteiger partial charge in [0.2, 0.25) is 5.88 Å². The lowest BCUT2D eigenvalue weighted by Crippen LogP contribution is -1.98. The molecule has 0 aliphatic carbocycles. The van der Waals surface area contributed by atoms with Gasteiger partial charge in [-0.05, 0) is 29.8 Å². The molecule has 3 rings (SSSR count). The molecule has 1 aromatic heterocycles. The van der Waals surface area contributed by atoms with E-state index in [1.807, 2.05) is 54.6 Å². The largest absolute Gasteiger partial charge is 0.494 e. The van der Waals surface area contributed by atoms with Gasteiger partial charge in [0.1, 0.15) is 11.5 Å². The van der Waals surface area contributed by atoms with Crippen molar-refractivity contribution in [1.82, 2.24) is 4.57 Å². The SMILES string of the molecule is Oc1cc(S)c(O)n1Cc1ccc(Oc2ccccc2)cc1. The third kappa shape index (κ3) is 3.04. The van der Waals surface area contributed by atoms with Crippen molar-refractivity contribution in [3.05, 3.63) is 66.2 Å². The number of ether oxygens (including phenoxy) is 1. The number of thiol groups is 1. The molecular formula is C17H15NO3S. The zero-order valence-corrected chi connectivity index (χ0v) is 12.6. The minimum Gasteiger partial charge on any atom is -0.494 e. The highest BCUT2D eigenvalue weighted by molar-refractivity contribution is 7.80. The van der Waals surface area contributed by atoms with Crippen LogP contribution in [0.15, 0.2) is 65.6 Å². The number of hydrogen-bond acceptors (Lipinski definition) is 4. The molecule has 112 valence electrons. The van der Waals surface area contributed by atoms with Crippen LogP contribution in [-0.4, -0.2) is 14.8 Å². The van der Waals surface area contributed by atoms with E-state index in [0.29, 0.717) is 11.4 Å². The summed E-state index contributed by atoms with van der Waals surface area (Å²) in [6, 6.07) is 18.4. The Bertz CT molecular complexity index is 767. The topological polar surface area (TPSA) is 54.6 Å². The first-order chi connectivity index (χ1) is 10.6. The molecule has 5 heteroatoms. The summed E-state index contributed by atoms with van der Waals surface area (Å²) < 4.78 is 7.10. The summed E-state index contributed by atoms with van der Waals surface area (Å²) in [6.07, 6.45) is 0. The quantitative estimate of drug-likeness (QED) is 0.637.